The van der Waals surface area contributed by atoms with Crippen LogP contribution in [0.3, 0.4) is 0 Å². The summed E-state index contributed by atoms with van der Waals surface area (Å²) in [6.45, 7) is 0.478. The van der Waals surface area contributed by atoms with E-state index in [-0.39, 0.29) is 19.0 Å². The van der Waals surface area contributed by atoms with Crippen molar-refractivity contribution in [3.63, 3.8) is 0 Å². The Morgan fingerprint density at radius 2 is 2.05 bits per heavy atom. The van der Waals surface area contributed by atoms with Crippen LogP contribution in [0.1, 0.15) is 24.3 Å². The molecule has 1 atom stereocenters. The van der Waals surface area contributed by atoms with Crippen LogP contribution in [0, 0.1) is 0 Å². The normalized spacial score (nSPS) is 17.0. The molecule has 7 heteroatoms. The number of anilines is 1. The van der Waals surface area contributed by atoms with E-state index < -0.39 is 17.8 Å². The van der Waals surface area contributed by atoms with E-state index in [4.69, 9.17) is 5.73 Å². The maximum Gasteiger partial charge on any atom is 0.321 e. The highest BCUT2D eigenvalue weighted by Crippen LogP contribution is 2.35. The fraction of sp³-hybridized carbons (Fsp3) is 0.357. The van der Waals surface area contributed by atoms with Crippen molar-refractivity contribution in [3.05, 3.63) is 29.8 Å². The molecular formula is C14H17N3O4. The highest BCUT2D eigenvalue weighted by Gasteiger charge is 2.32. The molecule has 2 rings (SSSR count). The number of aliphatic carboxylic acids is 1. The minimum absolute atomic E-state index is 0.0684. The summed E-state index contributed by atoms with van der Waals surface area (Å²) in [4.78, 5) is 35.6. The van der Waals surface area contributed by atoms with Crippen LogP contribution in [0.4, 0.5) is 10.5 Å². The average molecular weight is 291 g/mol. The first-order valence-corrected chi connectivity index (χ1v) is 6.66. The van der Waals surface area contributed by atoms with E-state index in [1.165, 1.54) is 4.90 Å². The van der Waals surface area contributed by atoms with Gasteiger partial charge in [0, 0.05) is 25.2 Å². The number of carbonyl (C=O) groups is 3. The van der Waals surface area contributed by atoms with Gasteiger partial charge in [0.1, 0.15) is 0 Å². The monoisotopic (exact) mass is 291 g/mol. The van der Waals surface area contributed by atoms with Gasteiger partial charge >= 0.3 is 12.0 Å². The quantitative estimate of drug-likeness (QED) is 0.755. The van der Waals surface area contributed by atoms with Crippen molar-refractivity contribution in [2.45, 2.75) is 18.8 Å². The van der Waals surface area contributed by atoms with Gasteiger partial charge in [0.2, 0.25) is 5.91 Å². The first kappa shape index (κ1) is 14.8. The molecule has 0 bridgehead atoms. The molecule has 0 radical (unpaired) electrons. The summed E-state index contributed by atoms with van der Waals surface area (Å²) in [5.41, 5.74) is 6.23. The number of benzene rings is 1. The lowest BCUT2D eigenvalue weighted by Crippen LogP contribution is -2.45. The van der Waals surface area contributed by atoms with E-state index in [0.29, 0.717) is 24.2 Å². The van der Waals surface area contributed by atoms with Crippen LogP contribution in [-0.4, -0.2) is 36.1 Å². The van der Waals surface area contributed by atoms with Gasteiger partial charge in [-0.15, -0.1) is 0 Å². The van der Waals surface area contributed by atoms with E-state index in [1.54, 1.807) is 24.3 Å². The maximum absolute atomic E-state index is 12.1. The molecule has 1 aromatic carbocycles. The van der Waals surface area contributed by atoms with E-state index >= 15 is 0 Å². The summed E-state index contributed by atoms with van der Waals surface area (Å²) in [6.07, 6.45) is 0.425. The number of para-hydroxylation sites is 1. The number of carboxylic acids is 1. The number of carboxylic acid groups (broad SMARTS) is 1. The van der Waals surface area contributed by atoms with Gasteiger partial charge in [-0.1, -0.05) is 18.2 Å². The molecule has 0 fully saturated rings. The summed E-state index contributed by atoms with van der Waals surface area (Å²) >= 11 is 0. The minimum atomic E-state index is -0.892. The third-order valence-electron chi connectivity index (χ3n) is 3.44. The summed E-state index contributed by atoms with van der Waals surface area (Å²) in [6, 6.07) is 6.60. The van der Waals surface area contributed by atoms with Crippen molar-refractivity contribution in [2.24, 2.45) is 5.73 Å². The molecule has 3 amide bonds. The van der Waals surface area contributed by atoms with Gasteiger partial charge in [0.25, 0.3) is 0 Å². The van der Waals surface area contributed by atoms with Crippen LogP contribution in [-0.2, 0) is 9.59 Å². The van der Waals surface area contributed by atoms with Crippen LogP contribution in [0.5, 0.6) is 0 Å². The number of amides is 3. The molecule has 1 unspecified atom stereocenters. The second kappa shape index (κ2) is 6.25. The van der Waals surface area contributed by atoms with E-state index in [2.05, 4.69) is 5.32 Å². The van der Waals surface area contributed by atoms with E-state index in [0.717, 1.165) is 0 Å². The lowest BCUT2D eigenvalue weighted by atomic mass is 9.90. The SMILES string of the molecule is NC(=O)CCNC(=O)N1CCC(C(=O)O)c2ccccc21. The second-order valence-electron chi connectivity index (χ2n) is 4.84. The van der Waals surface area contributed by atoms with Gasteiger partial charge in [-0.2, -0.15) is 0 Å². The topological polar surface area (TPSA) is 113 Å². The summed E-state index contributed by atoms with van der Waals surface area (Å²) in [7, 11) is 0. The van der Waals surface area contributed by atoms with Crippen LogP contribution in [0.2, 0.25) is 0 Å². The number of rotatable bonds is 4. The van der Waals surface area contributed by atoms with Crippen molar-refractivity contribution in [1.29, 1.82) is 0 Å². The number of hydrogen-bond acceptors (Lipinski definition) is 3. The number of nitrogens with zero attached hydrogens (tertiary/aromatic N) is 1. The zero-order chi connectivity index (χ0) is 15.4. The first-order valence-electron chi connectivity index (χ1n) is 6.66. The third-order valence-corrected chi connectivity index (χ3v) is 3.44. The lowest BCUT2D eigenvalue weighted by molar-refractivity contribution is -0.139. The zero-order valence-corrected chi connectivity index (χ0v) is 11.4. The Kier molecular flexibility index (Phi) is 4.42. The predicted octanol–water partition coefficient (Wildman–Crippen LogP) is 0.650. The van der Waals surface area contributed by atoms with Gasteiger partial charge in [-0.05, 0) is 18.1 Å². The number of nitrogens with two attached hydrogens (primary N) is 1. The Morgan fingerprint density at radius 1 is 1.33 bits per heavy atom. The molecular weight excluding hydrogens is 274 g/mol. The van der Waals surface area contributed by atoms with E-state index in [1.807, 2.05) is 0 Å². The molecule has 0 saturated carbocycles. The number of nitrogens with one attached hydrogen (secondary N) is 1. The fourth-order valence-electron chi connectivity index (χ4n) is 2.42. The van der Waals surface area contributed by atoms with Crippen molar-refractivity contribution in [1.82, 2.24) is 5.32 Å². The number of fused-ring (bicyclic) bond motifs is 1. The van der Waals surface area contributed by atoms with Gasteiger partial charge in [0.15, 0.2) is 0 Å². The Hall–Kier alpha value is -2.57. The molecule has 0 aromatic heterocycles. The van der Waals surface area contributed by atoms with Crippen LogP contribution in [0.25, 0.3) is 0 Å². The van der Waals surface area contributed by atoms with Crippen molar-refractivity contribution >= 4 is 23.6 Å². The molecule has 0 aliphatic carbocycles. The molecule has 0 spiro atoms. The summed E-state index contributed by atoms with van der Waals surface area (Å²) < 4.78 is 0. The number of hydrogen-bond donors (Lipinski definition) is 3. The third kappa shape index (κ3) is 3.31. The van der Waals surface area contributed by atoms with Crippen LogP contribution < -0.4 is 16.0 Å². The van der Waals surface area contributed by atoms with Crippen LogP contribution >= 0.6 is 0 Å². The predicted molar refractivity (Wildman–Crippen MR) is 76.0 cm³/mol. The molecule has 4 N–H and O–H groups in total. The summed E-state index contributed by atoms with van der Waals surface area (Å²) in [5, 5.41) is 11.8. The molecule has 1 aliphatic heterocycles. The molecule has 1 heterocycles. The smallest absolute Gasteiger partial charge is 0.321 e. The molecule has 0 saturated heterocycles. The Labute approximate surface area is 121 Å². The van der Waals surface area contributed by atoms with Gasteiger partial charge in [0.05, 0.1) is 5.92 Å². The molecule has 112 valence electrons. The number of primary amides is 1. The maximum atomic E-state index is 12.1. The van der Waals surface area contributed by atoms with Gasteiger partial charge in [-0.3, -0.25) is 14.5 Å². The molecule has 21 heavy (non-hydrogen) atoms. The highest BCUT2D eigenvalue weighted by molar-refractivity contribution is 5.95. The standard InChI is InChI=1S/C14H17N3O4/c15-12(18)5-7-16-14(21)17-8-6-10(13(19)20)9-3-1-2-4-11(9)17/h1-4,10H,5-8H2,(H2,15,18)(H,16,21)(H,19,20). The number of carbonyl (C=O) groups excluding carboxylic acids is 2. The second-order valence-corrected chi connectivity index (χ2v) is 4.84. The van der Waals surface area contributed by atoms with E-state index in [9.17, 15) is 19.5 Å². The molecule has 1 aliphatic rings. The zero-order valence-electron chi connectivity index (χ0n) is 11.4. The fourth-order valence-corrected chi connectivity index (χ4v) is 2.42. The first-order chi connectivity index (χ1) is 10.0. The van der Waals surface area contributed by atoms with Crippen LogP contribution in [0.15, 0.2) is 24.3 Å². The minimum Gasteiger partial charge on any atom is -0.481 e. The molecule has 1 aromatic rings. The number of urea groups is 1. The largest absolute Gasteiger partial charge is 0.481 e. The van der Waals surface area contributed by atoms with Gasteiger partial charge < -0.3 is 16.2 Å². The Morgan fingerprint density at radius 3 is 2.71 bits per heavy atom. The van der Waals surface area contributed by atoms with Crippen molar-refractivity contribution in [2.75, 3.05) is 18.0 Å². The van der Waals surface area contributed by atoms with Crippen molar-refractivity contribution in [3.8, 4) is 0 Å². The van der Waals surface area contributed by atoms with Gasteiger partial charge in [-0.25, -0.2) is 4.79 Å². The highest BCUT2D eigenvalue weighted by atomic mass is 16.4. The summed E-state index contributed by atoms with van der Waals surface area (Å²) in [5.74, 6) is -1.98. The molecule has 7 nitrogen and oxygen atoms in total. The lowest BCUT2D eigenvalue weighted by Gasteiger charge is -2.32. The van der Waals surface area contributed by atoms with Crippen molar-refractivity contribution < 1.29 is 19.5 Å². The Bertz CT molecular complexity index is 573. The average Bonchev–Trinajstić information content (AvgIpc) is 2.45. The Balaban J connectivity index is 2.15.